The van der Waals surface area contributed by atoms with Crippen LogP contribution in [-0.4, -0.2) is 276 Å². The lowest BCUT2D eigenvalue weighted by Crippen LogP contribution is -2.16. The second-order valence-electron chi connectivity index (χ2n) is 15.8. The Balaban J connectivity index is 3.07. The third kappa shape index (κ3) is 69.2. The number of aliphatic hydroxyl groups excluding tert-OH is 1. The van der Waals surface area contributed by atoms with Crippen LogP contribution in [0.15, 0.2) is 0 Å². The van der Waals surface area contributed by atoms with Crippen LogP contribution in [0.1, 0.15) is 64.7 Å². The molecule has 0 amide bonds. The van der Waals surface area contributed by atoms with Gasteiger partial charge in [0.25, 0.3) is 0 Å². The number of ether oxygens (including phenoxy) is 20. The summed E-state index contributed by atoms with van der Waals surface area (Å²) in [4.78, 5) is 0. The van der Waals surface area contributed by atoms with Gasteiger partial charge in [-0.2, -0.15) is 0 Å². The quantitative estimate of drug-likeness (QED) is 0.0860. The van der Waals surface area contributed by atoms with Gasteiger partial charge in [-0.15, -0.1) is 0 Å². The highest BCUT2D eigenvalue weighted by Gasteiger charge is 2.00. The van der Waals surface area contributed by atoms with Crippen LogP contribution in [0.3, 0.4) is 0 Å². The van der Waals surface area contributed by atoms with E-state index in [-0.39, 0.29) is 6.61 Å². The first-order valence-electron chi connectivity index (χ1n) is 27.1. The van der Waals surface area contributed by atoms with Crippen molar-refractivity contribution in [2.75, 3.05) is 271 Å². The third-order valence-electron chi connectivity index (χ3n) is 9.70. The molecular weight excluding hydrogens is 949 g/mol. The van der Waals surface area contributed by atoms with Gasteiger partial charge < -0.3 is 99.8 Å². The van der Waals surface area contributed by atoms with Crippen molar-refractivity contribution in [3.05, 3.63) is 0 Å². The molecule has 0 saturated carbocycles. The summed E-state index contributed by atoms with van der Waals surface area (Å²) in [6.45, 7) is 22.7. The summed E-state index contributed by atoms with van der Waals surface area (Å²) in [5.41, 5.74) is 0. The predicted octanol–water partition coefficient (Wildman–Crippen LogP) is 3.84. The maximum absolute atomic E-state index is 8.61. The van der Waals surface area contributed by atoms with Crippen molar-refractivity contribution < 1.29 is 99.8 Å². The zero-order valence-corrected chi connectivity index (χ0v) is 45.0. The molecule has 0 bridgehead atoms. The minimum Gasteiger partial charge on any atom is -0.394 e. The highest BCUT2D eigenvalue weighted by atomic mass is 16.6. The molecule has 0 atom stereocenters. The molecule has 0 aliphatic heterocycles. The fourth-order valence-electron chi connectivity index (χ4n) is 5.86. The van der Waals surface area contributed by atoms with E-state index in [1.54, 1.807) is 0 Å². The van der Waals surface area contributed by atoms with Crippen molar-refractivity contribution in [3.63, 3.8) is 0 Å². The smallest absolute Gasteiger partial charge is 0.0701 e. The lowest BCUT2D eigenvalue weighted by atomic mass is 10.1. The summed E-state index contributed by atoms with van der Waals surface area (Å²) < 4.78 is 110. The summed E-state index contributed by atoms with van der Waals surface area (Å²) in [5, 5.41) is 8.61. The van der Waals surface area contributed by atoms with E-state index in [9.17, 15) is 0 Å². The van der Waals surface area contributed by atoms with E-state index in [1.807, 2.05) is 0 Å². The third-order valence-corrected chi connectivity index (χ3v) is 9.70. The Kier molecular flexibility index (Phi) is 69.3. The van der Waals surface area contributed by atoms with Crippen molar-refractivity contribution >= 4 is 0 Å². The number of rotatable bonds is 69. The van der Waals surface area contributed by atoms with Gasteiger partial charge in [0.1, 0.15) is 0 Å². The standard InChI is InChI=1S/C51H104O21/c1-2-3-4-5-6-7-8-9-10-12-53-14-16-55-18-20-57-22-24-59-26-28-61-30-32-63-34-36-65-38-40-67-42-44-69-46-48-71-50-51-72-49-47-70-45-43-68-41-39-66-37-35-64-33-31-62-29-27-60-25-23-58-21-19-56-17-15-54-13-11-52/h52H,2-51H2,1H3. The molecule has 0 fully saturated rings. The molecule has 72 heavy (non-hydrogen) atoms. The normalized spacial score (nSPS) is 11.8. The zero-order chi connectivity index (χ0) is 51.5. The molecule has 1 N–H and O–H groups in total. The van der Waals surface area contributed by atoms with E-state index in [0.29, 0.717) is 258 Å². The zero-order valence-electron chi connectivity index (χ0n) is 45.0. The molecule has 0 unspecified atom stereocenters. The lowest BCUT2D eigenvalue weighted by Gasteiger charge is -2.09. The second-order valence-corrected chi connectivity index (χ2v) is 15.8. The summed E-state index contributed by atoms with van der Waals surface area (Å²) in [7, 11) is 0. The van der Waals surface area contributed by atoms with E-state index in [0.717, 1.165) is 13.0 Å². The van der Waals surface area contributed by atoms with Crippen molar-refractivity contribution in [2.24, 2.45) is 0 Å². The Morgan fingerprint density at radius 1 is 0.153 bits per heavy atom. The van der Waals surface area contributed by atoms with Gasteiger partial charge >= 0.3 is 0 Å². The monoisotopic (exact) mass is 1050 g/mol. The van der Waals surface area contributed by atoms with Gasteiger partial charge in [-0.25, -0.2) is 0 Å². The highest BCUT2D eigenvalue weighted by molar-refractivity contribution is 4.47. The summed E-state index contributed by atoms with van der Waals surface area (Å²) in [6, 6.07) is 0. The van der Waals surface area contributed by atoms with Crippen molar-refractivity contribution in [1.82, 2.24) is 0 Å². The first kappa shape index (κ1) is 71.2. The van der Waals surface area contributed by atoms with E-state index in [2.05, 4.69) is 6.92 Å². The Bertz CT molecular complexity index is 851. The van der Waals surface area contributed by atoms with E-state index in [4.69, 9.17) is 99.8 Å². The number of hydrogen-bond acceptors (Lipinski definition) is 21. The first-order valence-corrected chi connectivity index (χ1v) is 27.1. The summed E-state index contributed by atoms with van der Waals surface area (Å²) >= 11 is 0. The highest BCUT2D eigenvalue weighted by Crippen LogP contribution is 2.09. The SMILES string of the molecule is CCCCCCCCCCCOCCOCCOCCOCCOCCOCCOCCOCCOCCOCCOCCOCCOCCOCCOCCOCCOCCOCCOCCOCCO. The molecule has 0 aromatic heterocycles. The van der Waals surface area contributed by atoms with Gasteiger partial charge in [-0.3, -0.25) is 0 Å². The Morgan fingerprint density at radius 3 is 0.431 bits per heavy atom. The molecule has 0 rings (SSSR count). The van der Waals surface area contributed by atoms with Crippen LogP contribution >= 0.6 is 0 Å². The molecule has 0 spiro atoms. The van der Waals surface area contributed by atoms with Crippen LogP contribution in [0.5, 0.6) is 0 Å². The number of hydrogen-bond donors (Lipinski definition) is 1. The van der Waals surface area contributed by atoms with Gasteiger partial charge in [0.15, 0.2) is 0 Å². The van der Waals surface area contributed by atoms with E-state index in [1.165, 1.54) is 51.4 Å². The average Bonchev–Trinajstić information content (AvgIpc) is 3.39. The molecule has 0 heterocycles. The van der Waals surface area contributed by atoms with Gasteiger partial charge in [0.05, 0.1) is 264 Å². The fourth-order valence-corrected chi connectivity index (χ4v) is 5.86. The molecule has 0 aromatic carbocycles. The fraction of sp³-hybridized carbons (Fsp3) is 1.00. The minimum atomic E-state index is 0.0202. The lowest BCUT2D eigenvalue weighted by molar-refractivity contribution is -0.0315. The van der Waals surface area contributed by atoms with Crippen LogP contribution < -0.4 is 0 Å². The molecule has 0 radical (unpaired) electrons. The van der Waals surface area contributed by atoms with Gasteiger partial charge in [-0.1, -0.05) is 58.3 Å². The van der Waals surface area contributed by atoms with Crippen LogP contribution in [-0.2, 0) is 94.7 Å². The van der Waals surface area contributed by atoms with E-state index < -0.39 is 0 Å². The molecule has 434 valence electrons. The van der Waals surface area contributed by atoms with Crippen LogP contribution in [0.4, 0.5) is 0 Å². The van der Waals surface area contributed by atoms with Crippen LogP contribution in [0.25, 0.3) is 0 Å². The largest absolute Gasteiger partial charge is 0.394 e. The molecule has 0 saturated heterocycles. The van der Waals surface area contributed by atoms with Crippen LogP contribution in [0.2, 0.25) is 0 Å². The maximum atomic E-state index is 8.61. The molecule has 0 aliphatic carbocycles. The Labute approximate surface area is 434 Å². The molecular formula is C51H104O21. The van der Waals surface area contributed by atoms with Gasteiger partial charge in [0, 0.05) is 6.61 Å². The minimum absolute atomic E-state index is 0.0202. The molecule has 21 heteroatoms. The maximum Gasteiger partial charge on any atom is 0.0701 e. The predicted molar refractivity (Wildman–Crippen MR) is 271 cm³/mol. The van der Waals surface area contributed by atoms with Crippen molar-refractivity contribution in [2.45, 2.75) is 64.7 Å². The van der Waals surface area contributed by atoms with E-state index >= 15 is 0 Å². The topological polar surface area (TPSA) is 205 Å². The molecule has 0 aromatic rings. The number of aliphatic hydroxyl groups is 1. The Morgan fingerprint density at radius 2 is 0.278 bits per heavy atom. The van der Waals surface area contributed by atoms with Crippen molar-refractivity contribution in [1.29, 1.82) is 0 Å². The Hall–Kier alpha value is -0.840. The van der Waals surface area contributed by atoms with Crippen molar-refractivity contribution in [3.8, 4) is 0 Å². The van der Waals surface area contributed by atoms with Gasteiger partial charge in [0.2, 0.25) is 0 Å². The second kappa shape index (κ2) is 70.2. The van der Waals surface area contributed by atoms with Crippen LogP contribution in [0, 0.1) is 0 Å². The average molecular weight is 1050 g/mol. The first-order chi connectivity index (χ1) is 35.9. The number of unbranched alkanes of at least 4 members (excludes halogenated alkanes) is 8. The van der Waals surface area contributed by atoms with Gasteiger partial charge in [-0.05, 0) is 6.42 Å². The summed E-state index contributed by atoms with van der Waals surface area (Å²) in [5.74, 6) is 0. The molecule has 21 nitrogen and oxygen atoms in total. The summed E-state index contributed by atoms with van der Waals surface area (Å²) in [6.07, 6.45) is 11.9. The molecule has 0 aliphatic rings.